The van der Waals surface area contributed by atoms with Gasteiger partial charge in [0.05, 0.1) is 0 Å². The second kappa shape index (κ2) is 10.9. The number of aliphatic imine (C=N–C) groups is 1. The van der Waals surface area contributed by atoms with E-state index in [9.17, 15) is 4.39 Å². The third-order valence-electron chi connectivity index (χ3n) is 4.84. The molecule has 0 spiro atoms. The first-order chi connectivity index (χ1) is 11.9. The molecule has 0 amide bonds. The van der Waals surface area contributed by atoms with Crippen LogP contribution in [-0.4, -0.2) is 50.1 Å². The lowest BCUT2D eigenvalue weighted by molar-refractivity contribution is 0.225. The van der Waals surface area contributed by atoms with Crippen molar-refractivity contribution in [2.45, 2.75) is 38.1 Å². The molecule has 0 radical (unpaired) electrons. The summed E-state index contributed by atoms with van der Waals surface area (Å²) in [5.41, 5.74) is 0.792. The summed E-state index contributed by atoms with van der Waals surface area (Å²) in [6.45, 7) is 11.8. The largest absolute Gasteiger partial charge is 0.356 e. The van der Waals surface area contributed by atoms with Gasteiger partial charge in [-0.15, -0.1) is 30.6 Å². The number of rotatable bonds is 6. The average Bonchev–Trinajstić information content (AvgIpc) is 2.60. The third-order valence-corrected chi connectivity index (χ3v) is 4.84. The highest BCUT2D eigenvalue weighted by Gasteiger charge is 2.23. The van der Waals surface area contributed by atoms with Gasteiger partial charge < -0.3 is 10.6 Å². The maximum absolute atomic E-state index is 13.5. The van der Waals surface area contributed by atoms with E-state index in [-0.39, 0.29) is 35.2 Å². The lowest BCUT2D eigenvalue weighted by atomic mass is 9.84. The Balaban J connectivity index is 0.00000338. The molecule has 4 nitrogen and oxygen atoms in total. The van der Waals surface area contributed by atoms with E-state index in [4.69, 9.17) is 0 Å². The van der Waals surface area contributed by atoms with Gasteiger partial charge in [-0.3, -0.25) is 9.89 Å². The predicted octanol–water partition coefficient (Wildman–Crippen LogP) is 3.54. The number of hydrogen-bond acceptors (Lipinski definition) is 2. The SMILES string of the molecule is C=CCN1CCC(NC(=NC)NCC(C)(C)c2cccc(F)c2)CC1.I. The Labute approximate surface area is 174 Å². The van der Waals surface area contributed by atoms with Crippen LogP contribution < -0.4 is 10.6 Å². The second-order valence-electron chi connectivity index (χ2n) is 7.33. The Morgan fingerprint density at radius 3 is 2.65 bits per heavy atom. The Morgan fingerprint density at radius 1 is 1.38 bits per heavy atom. The van der Waals surface area contributed by atoms with Crippen molar-refractivity contribution in [1.82, 2.24) is 15.5 Å². The summed E-state index contributed by atoms with van der Waals surface area (Å²) in [6.07, 6.45) is 4.16. The van der Waals surface area contributed by atoms with Gasteiger partial charge in [-0.25, -0.2) is 4.39 Å². The van der Waals surface area contributed by atoms with Crippen LogP contribution in [0.2, 0.25) is 0 Å². The number of halogens is 2. The molecular weight excluding hydrogens is 442 g/mol. The van der Waals surface area contributed by atoms with Crippen molar-refractivity contribution >= 4 is 29.9 Å². The molecule has 0 bridgehead atoms. The molecule has 26 heavy (non-hydrogen) atoms. The number of guanidine groups is 1. The van der Waals surface area contributed by atoms with Crippen LogP contribution in [0.1, 0.15) is 32.3 Å². The van der Waals surface area contributed by atoms with E-state index in [1.807, 2.05) is 12.1 Å². The summed E-state index contributed by atoms with van der Waals surface area (Å²) >= 11 is 0. The van der Waals surface area contributed by atoms with Crippen molar-refractivity contribution in [1.29, 1.82) is 0 Å². The zero-order valence-corrected chi connectivity index (χ0v) is 18.4. The number of nitrogens with zero attached hydrogens (tertiary/aromatic N) is 2. The highest BCUT2D eigenvalue weighted by atomic mass is 127. The van der Waals surface area contributed by atoms with Gasteiger partial charge in [-0.1, -0.05) is 32.1 Å². The van der Waals surface area contributed by atoms with Gasteiger partial charge >= 0.3 is 0 Å². The molecule has 2 rings (SSSR count). The van der Waals surface area contributed by atoms with Crippen molar-refractivity contribution < 1.29 is 4.39 Å². The minimum absolute atomic E-state index is 0. The zero-order chi connectivity index (χ0) is 18.3. The Morgan fingerprint density at radius 2 is 2.08 bits per heavy atom. The van der Waals surface area contributed by atoms with Crippen LogP contribution in [0, 0.1) is 5.82 Å². The molecule has 1 heterocycles. The molecular formula is C20H32FIN4. The van der Waals surface area contributed by atoms with E-state index >= 15 is 0 Å². The van der Waals surface area contributed by atoms with Crippen LogP contribution in [0.25, 0.3) is 0 Å². The molecule has 2 N–H and O–H groups in total. The monoisotopic (exact) mass is 474 g/mol. The molecule has 1 aliphatic rings. The van der Waals surface area contributed by atoms with Crippen molar-refractivity contribution in [2.24, 2.45) is 4.99 Å². The van der Waals surface area contributed by atoms with Gasteiger partial charge in [0.15, 0.2) is 5.96 Å². The Hall–Kier alpha value is -1.15. The molecule has 0 atom stereocenters. The molecule has 1 saturated heterocycles. The van der Waals surface area contributed by atoms with E-state index in [1.54, 1.807) is 19.2 Å². The zero-order valence-electron chi connectivity index (χ0n) is 16.1. The maximum Gasteiger partial charge on any atom is 0.191 e. The summed E-state index contributed by atoms with van der Waals surface area (Å²) in [6, 6.07) is 7.25. The van der Waals surface area contributed by atoms with Gasteiger partial charge in [0.1, 0.15) is 5.82 Å². The topological polar surface area (TPSA) is 39.7 Å². The van der Waals surface area contributed by atoms with E-state index in [0.717, 1.165) is 44.0 Å². The number of hydrogen-bond donors (Lipinski definition) is 2. The molecule has 0 aromatic heterocycles. The Kier molecular flexibility index (Phi) is 9.57. The van der Waals surface area contributed by atoms with Crippen LogP contribution >= 0.6 is 24.0 Å². The van der Waals surface area contributed by atoms with Crippen molar-refractivity contribution in [3.63, 3.8) is 0 Å². The van der Waals surface area contributed by atoms with Crippen LogP contribution in [0.15, 0.2) is 41.9 Å². The fraction of sp³-hybridized carbons (Fsp3) is 0.550. The molecule has 1 aromatic carbocycles. The number of likely N-dealkylation sites (tertiary alicyclic amines) is 1. The summed E-state index contributed by atoms with van der Waals surface area (Å²) in [5, 5.41) is 6.91. The molecule has 6 heteroatoms. The van der Waals surface area contributed by atoms with Crippen molar-refractivity contribution in [3.05, 3.63) is 48.3 Å². The van der Waals surface area contributed by atoms with Crippen molar-refractivity contribution in [3.8, 4) is 0 Å². The van der Waals surface area contributed by atoms with Crippen LogP contribution in [-0.2, 0) is 5.41 Å². The lowest BCUT2D eigenvalue weighted by Gasteiger charge is -2.33. The molecule has 0 unspecified atom stereocenters. The normalized spacial score (nSPS) is 16.7. The summed E-state index contributed by atoms with van der Waals surface area (Å²) in [5.74, 6) is 0.617. The van der Waals surface area contributed by atoms with Gasteiger partial charge in [0.25, 0.3) is 0 Å². The van der Waals surface area contributed by atoms with E-state index in [2.05, 4.69) is 41.0 Å². The van der Waals surface area contributed by atoms with Gasteiger partial charge in [0, 0.05) is 44.7 Å². The van der Waals surface area contributed by atoms with E-state index in [0.29, 0.717) is 12.6 Å². The minimum Gasteiger partial charge on any atom is -0.356 e. The fourth-order valence-corrected chi connectivity index (χ4v) is 3.15. The molecule has 0 saturated carbocycles. The molecule has 1 aliphatic heterocycles. The van der Waals surface area contributed by atoms with Crippen LogP contribution in [0.3, 0.4) is 0 Å². The lowest BCUT2D eigenvalue weighted by Crippen LogP contribution is -2.50. The number of piperidine rings is 1. The summed E-state index contributed by atoms with van der Waals surface area (Å²) in [7, 11) is 1.79. The van der Waals surface area contributed by atoms with E-state index in [1.165, 1.54) is 6.07 Å². The first-order valence-corrected chi connectivity index (χ1v) is 9.01. The highest BCUT2D eigenvalue weighted by molar-refractivity contribution is 14.0. The van der Waals surface area contributed by atoms with Gasteiger partial charge in [-0.05, 0) is 30.5 Å². The smallest absolute Gasteiger partial charge is 0.191 e. The van der Waals surface area contributed by atoms with Crippen LogP contribution in [0.5, 0.6) is 0 Å². The minimum atomic E-state index is -0.195. The predicted molar refractivity (Wildman–Crippen MR) is 119 cm³/mol. The molecule has 1 aromatic rings. The molecule has 0 aliphatic carbocycles. The van der Waals surface area contributed by atoms with Gasteiger partial charge in [-0.2, -0.15) is 0 Å². The molecule has 1 fully saturated rings. The second-order valence-corrected chi connectivity index (χ2v) is 7.33. The number of nitrogens with one attached hydrogen (secondary N) is 2. The third kappa shape index (κ3) is 6.87. The highest BCUT2D eigenvalue weighted by Crippen LogP contribution is 2.22. The van der Waals surface area contributed by atoms with Crippen molar-refractivity contribution in [2.75, 3.05) is 33.2 Å². The maximum atomic E-state index is 13.5. The first kappa shape index (κ1) is 22.9. The summed E-state index contributed by atoms with van der Waals surface area (Å²) in [4.78, 5) is 6.75. The van der Waals surface area contributed by atoms with Gasteiger partial charge in [0.2, 0.25) is 0 Å². The first-order valence-electron chi connectivity index (χ1n) is 9.01. The van der Waals surface area contributed by atoms with E-state index < -0.39 is 0 Å². The molecule has 146 valence electrons. The standard InChI is InChI=1S/C20H31FN4.HI/c1-5-11-25-12-9-18(10-13-25)24-19(22-4)23-15-20(2,3)16-7-6-8-17(21)14-16;/h5-8,14,18H,1,9-13,15H2,2-4H3,(H2,22,23,24);1H. The summed E-state index contributed by atoms with van der Waals surface area (Å²) < 4.78 is 13.5. The number of benzene rings is 1. The average molecular weight is 474 g/mol. The quantitative estimate of drug-likeness (QED) is 0.287. The fourth-order valence-electron chi connectivity index (χ4n) is 3.15. The van der Waals surface area contributed by atoms with Crippen LogP contribution in [0.4, 0.5) is 4.39 Å². The Bertz CT molecular complexity index is 595.